The number of hydrogen-bond donors (Lipinski definition) is 1. The summed E-state index contributed by atoms with van der Waals surface area (Å²) in [6.45, 7) is 5.78. The lowest BCUT2D eigenvalue weighted by Gasteiger charge is -2.30. The molecule has 1 aromatic carbocycles. The third-order valence-electron chi connectivity index (χ3n) is 2.69. The molecule has 1 aliphatic heterocycles. The highest BCUT2D eigenvalue weighted by Gasteiger charge is 2.13. The molecule has 3 heteroatoms. The van der Waals surface area contributed by atoms with E-state index >= 15 is 0 Å². The Bertz CT molecular complexity index is 283. The lowest BCUT2D eigenvalue weighted by Crippen LogP contribution is -2.46. The van der Waals surface area contributed by atoms with Crippen LogP contribution < -0.4 is 5.43 Å². The van der Waals surface area contributed by atoms with Gasteiger partial charge in [-0.05, 0) is 12.5 Å². The van der Waals surface area contributed by atoms with Crippen molar-refractivity contribution in [2.75, 3.05) is 26.3 Å². The summed E-state index contributed by atoms with van der Waals surface area (Å²) >= 11 is 0. The third kappa shape index (κ3) is 3.02. The van der Waals surface area contributed by atoms with Gasteiger partial charge in [-0.3, -0.25) is 0 Å². The van der Waals surface area contributed by atoms with Crippen LogP contribution in [-0.2, 0) is 4.74 Å². The van der Waals surface area contributed by atoms with Crippen molar-refractivity contribution in [3.63, 3.8) is 0 Å². The van der Waals surface area contributed by atoms with E-state index < -0.39 is 0 Å². The number of benzene rings is 1. The largest absolute Gasteiger partial charge is 0.379 e. The molecule has 1 aromatic rings. The zero-order valence-corrected chi connectivity index (χ0v) is 9.15. The molecule has 82 valence electrons. The topological polar surface area (TPSA) is 24.5 Å². The highest BCUT2D eigenvalue weighted by atomic mass is 16.5. The van der Waals surface area contributed by atoms with Crippen LogP contribution in [0, 0.1) is 0 Å². The number of hydrogen-bond acceptors (Lipinski definition) is 3. The van der Waals surface area contributed by atoms with Gasteiger partial charge < -0.3 is 4.74 Å². The molecular formula is C12H18N2O. The molecule has 0 amide bonds. The molecule has 3 nitrogen and oxygen atoms in total. The summed E-state index contributed by atoms with van der Waals surface area (Å²) in [7, 11) is 0. The first kappa shape index (κ1) is 10.6. The number of ether oxygens (including phenoxy) is 1. The number of rotatable bonds is 3. The maximum absolute atomic E-state index is 5.31. The smallest absolute Gasteiger partial charge is 0.0608 e. The van der Waals surface area contributed by atoms with Gasteiger partial charge in [0.1, 0.15) is 0 Å². The van der Waals surface area contributed by atoms with Gasteiger partial charge in [-0.1, -0.05) is 30.3 Å². The summed E-state index contributed by atoms with van der Waals surface area (Å²) in [6, 6.07) is 10.9. The van der Waals surface area contributed by atoms with Crippen LogP contribution in [0.2, 0.25) is 0 Å². The lowest BCUT2D eigenvalue weighted by molar-refractivity contribution is 0.00484. The summed E-state index contributed by atoms with van der Waals surface area (Å²) in [5.41, 5.74) is 4.81. The van der Waals surface area contributed by atoms with Gasteiger partial charge in [-0.15, -0.1) is 0 Å². The zero-order valence-electron chi connectivity index (χ0n) is 9.15. The summed E-state index contributed by atoms with van der Waals surface area (Å²) in [5, 5.41) is 2.24. The predicted octanol–water partition coefficient (Wildman–Crippen LogP) is 1.58. The standard InChI is InChI=1S/C12H18N2O/c1-11(12-5-3-2-4-6-12)13-14-7-9-15-10-8-14/h2-6,11,13H,7-10H2,1H3/t11-/m0/s1. The fraction of sp³-hybridized carbons (Fsp3) is 0.500. The molecular weight excluding hydrogens is 188 g/mol. The van der Waals surface area contributed by atoms with Crippen LogP contribution in [0.4, 0.5) is 0 Å². The highest BCUT2D eigenvalue weighted by Crippen LogP contribution is 2.12. The van der Waals surface area contributed by atoms with E-state index in [9.17, 15) is 0 Å². The summed E-state index contributed by atoms with van der Waals surface area (Å²) in [5.74, 6) is 0. The molecule has 1 N–H and O–H groups in total. The fourth-order valence-electron chi connectivity index (χ4n) is 1.78. The summed E-state index contributed by atoms with van der Waals surface area (Å²) in [6.07, 6.45) is 0. The maximum Gasteiger partial charge on any atom is 0.0608 e. The molecule has 1 atom stereocenters. The van der Waals surface area contributed by atoms with Crippen LogP contribution in [0.5, 0.6) is 0 Å². The molecule has 1 saturated heterocycles. The normalized spacial score (nSPS) is 20.1. The highest BCUT2D eigenvalue weighted by molar-refractivity contribution is 5.17. The van der Waals surface area contributed by atoms with Crippen LogP contribution in [-0.4, -0.2) is 31.3 Å². The Morgan fingerprint density at radius 2 is 1.87 bits per heavy atom. The number of hydrazine groups is 1. The first-order valence-electron chi connectivity index (χ1n) is 5.50. The first-order chi connectivity index (χ1) is 7.36. The Kier molecular flexibility index (Phi) is 3.72. The van der Waals surface area contributed by atoms with Crippen molar-refractivity contribution >= 4 is 0 Å². The lowest BCUT2D eigenvalue weighted by atomic mass is 10.1. The van der Waals surface area contributed by atoms with E-state index in [1.165, 1.54) is 5.56 Å². The number of nitrogens with zero attached hydrogens (tertiary/aromatic N) is 1. The molecule has 0 unspecified atom stereocenters. The van der Waals surface area contributed by atoms with Gasteiger partial charge in [0, 0.05) is 19.1 Å². The van der Waals surface area contributed by atoms with Gasteiger partial charge in [0.05, 0.1) is 13.2 Å². The Labute approximate surface area is 91.0 Å². The van der Waals surface area contributed by atoms with Gasteiger partial charge >= 0.3 is 0 Å². The zero-order chi connectivity index (χ0) is 10.5. The molecule has 1 heterocycles. The van der Waals surface area contributed by atoms with Gasteiger partial charge in [-0.2, -0.15) is 0 Å². The van der Waals surface area contributed by atoms with Gasteiger partial charge in [0.2, 0.25) is 0 Å². The second kappa shape index (κ2) is 5.26. The van der Waals surface area contributed by atoms with E-state index in [1.807, 2.05) is 6.07 Å². The molecule has 2 rings (SSSR count). The van der Waals surface area contributed by atoms with Crippen molar-refractivity contribution in [1.29, 1.82) is 0 Å². The second-order valence-corrected chi connectivity index (χ2v) is 3.86. The third-order valence-corrected chi connectivity index (χ3v) is 2.69. The Hall–Kier alpha value is -0.900. The second-order valence-electron chi connectivity index (χ2n) is 3.86. The van der Waals surface area contributed by atoms with Crippen molar-refractivity contribution in [2.24, 2.45) is 0 Å². The number of nitrogens with one attached hydrogen (secondary N) is 1. The van der Waals surface area contributed by atoms with Crippen molar-refractivity contribution in [2.45, 2.75) is 13.0 Å². The quantitative estimate of drug-likeness (QED) is 0.812. The molecule has 0 spiro atoms. The Morgan fingerprint density at radius 3 is 2.53 bits per heavy atom. The minimum atomic E-state index is 0.365. The molecule has 0 radical (unpaired) electrons. The van der Waals surface area contributed by atoms with Crippen molar-refractivity contribution in [3.05, 3.63) is 35.9 Å². The van der Waals surface area contributed by atoms with Crippen LogP contribution >= 0.6 is 0 Å². The molecule has 15 heavy (non-hydrogen) atoms. The van der Waals surface area contributed by atoms with E-state index in [0.29, 0.717) is 6.04 Å². The average molecular weight is 206 g/mol. The van der Waals surface area contributed by atoms with Crippen LogP contribution in [0.1, 0.15) is 18.5 Å². The monoisotopic (exact) mass is 206 g/mol. The van der Waals surface area contributed by atoms with Gasteiger partial charge in [-0.25, -0.2) is 10.4 Å². The summed E-state index contributed by atoms with van der Waals surface area (Å²) < 4.78 is 5.31. The number of morpholine rings is 1. The minimum Gasteiger partial charge on any atom is -0.379 e. The molecule has 1 fully saturated rings. The van der Waals surface area contributed by atoms with E-state index in [4.69, 9.17) is 4.74 Å². The van der Waals surface area contributed by atoms with E-state index in [-0.39, 0.29) is 0 Å². The van der Waals surface area contributed by atoms with Crippen LogP contribution in [0.25, 0.3) is 0 Å². The van der Waals surface area contributed by atoms with E-state index in [2.05, 4.69) is 41.6 Å². The average Bonchev–Trinajstić information content (AvgIpc) is 2.31. The van der Waals surface area contributed by atoms with E-state index in [0.717, 1.165) is 26.3 Å². The van der Waals surface area contributed by atoms with Gasteiger partial charge in [0.25, 0.3) is 0 Å². The summed E-state index contributed by atoms with van der Waals surface area (Å²) in [4.78, 5) is 0. The molecule has 1 aliphatic rings. The maximum atomic E-state index is 5.31. The molecule has 0 aliphatic carbocycles. The predicted molar refractivity (Wildman–Crippen MR) is 60.4 cm³/mol. The molecule has 0 aromatic heterocycles. The van der Waals surface area contributed by atoms with Crippen molar-refractivity contribution in [1.82, 2.24) is 10.4 Å². The van der Waals surface area contributed by atoms with Crippen LogP contribution in [0.15, 0.2) is 30.3 Å². The Morgan fingerprint density at radius 1 is 1.20 bits per heavy atom. The minimum absolute atomic E-state index is 0.365. The fourth-order valence-corrected chi connectivity index (χ4v) is 1.78. The molecule has 0 saturated carbocycles. The SMILES string of the molecule is C[C@H](NN1CCOCC1)c1ccccc1. The first-order valence-corrected chi connectivity index (χ1v) is 5.50. The molecule has 0 bridgehead atoms. The van der Waals surface area contributed by atoms with Crippen molar-refractivity contribution < 1.29 is 4.74 Å². The Balaban J connectivity index is 1.88. The van der Waals surface area contributed by atoms with Crippen LogP contribution in [0.3, 0.4) is 0 Å². The van der Waals surface area contributed by atoms with Crippen molar-refractivity contribution in [3.8, 4) is 0 Å². The van der Waals surface area contributed by atoms with E-state index in [1.54, 1.807) is 0 Å². The van der Waals surface area contributed by atoms with Gasteiger partial charge in [0.15, 0.2) is 0 Å².